The zero-order valence-electron chi connectivity index (χ0n) is 14.7. The van der Waals surface area contributed by atoms with Crippen LogP contribution in [0.2, 0.25) is 0 Å². The maximum atomic E-state index is 12.4. The number of benzene rings is 1. The summed E-state index contributed by atoms with van der Waals surface area (Å²) in [7, 11) is 1.69. The fourth-order valence-corrected chi connectivity index (χ4v) is 4.28. The number of hydrogen-bond donors (Lipinski definition) is 0. The number of carbonyl (C=O) groups is 1. The van der Waals surface area contributed by atoms with Crippen molar-refractivity contribution in [1.29, 1.82) is 0 Å². The van der Waals surface area contributed by atoms with E-state index in [1.807, 2.05) is 18.2 Å². The van der Waals surface area contributed by atoms with E-state index in [1.54, 1.807) is 7.11 Å². The molecule has 0 unspecified atom stereocenters. The van der Waals surface area contributed by atoms with Crippen molar-refractivity contribution >= 4 is 5.91 Å². The topological polar surface area (TPSA) is 32.8 Å². The van der Waals surface area contributed by atoms with Crippen LogP contribution in [0.4, 0.5) is 0 Å². The SMILES string of the molecule is C=CCN1C(=O)CCC[C@]12CCCN(Cc1ccc(OC)cc1)C2. The molecule has 1 spiro atoms. The summed E-state index contributed by atoms with van der Waals surface area (Å²) in [5, 5.41) is 0. The number of ether oxygens (including phenoxy) is 1. The number of methoxy groups -OCH3 is 1. The molecule has 2 heterocycles. The van der Waals surface area contributed by atoms with Gasteiger partial charge in [0.05, 0.1) is 12.6 Å². The van der Waals surface area contributed by atoms with Crippen molar-refractivity contribution in [2.45, 2.75) is 44.2 Å². The molecule has 4 nitrogen and oxygen atoms in total. The number of hydrogen-bond acceptors (Lipinski definition) is 3. The summed E-state index contributed by atoms with van der Waals surface area (Å²) < 4.78 is 5.23. The smallest absolute Gasteiger partial charge is 0.223 e. The first-order valence-corrected chi connectivity index (χ1v) is 8.93. The van der Waals surface area contributed by atoms with E-state index >= 15 is 0 Å². The minimum absolute atomic E-state index is 0.00818. The van der Waals surface area contributed by atoms with E-state index in [0.29, 0.717) is 18.9 Å². The van der Waals surface area contributed by atoms with Gasteiger partial charge in [-0.1, -0.05) is 18.2 Å². The molecule has 2 aliphatic heterocycles. The zero-order valence-corrected chi connectivity index (χ0v) is 14.7. The number of carbonyl (C=O) groups excluding carboxylic acids is 1. The fourth-order valence-electron chi connectivity index (χ4n) is 4.28. The summed E-state index contributed by atoms with van der Waals surface area (Å²) in [5.41, 5.74) is 1.30. The average molecular weight is 328 g/mol. The van der Waals surface area contributed by atoms with E-state index in [-0.39, 0.29) is 5.54 Å². The van der Waals surface area contributed by atoms with Gasteiger partial charge in [0.15, 0.2) is 0 Å². The maximum absolute atomic E-state index is 12.4. The molecular formula is C20H28N2O2. The molecule has 1 aromatic carbocycles. The third-order valence-electron chi connectivity index (χ3n) is 5.42. The fraction of sp³-hybridized carbons (Fsp3) is 0.550. The van der Waals surface area contributed by atoms with Crippen molar-refractivity contribution in [1.82, 2.24) is 9.80 Å². The highest BCUT2D eigenvalue weighted by Crippen LogP contribution is 2.37. The molecule has 2 aliphatic rings. The molecule has 0 radical (unpaired) electrons. The normalized spacial score (nSPS) is 25.0. The minimum Gasteiger partial charge on any atom is -0.497 e. The van der Waals surface area contributed by atoms with Gasteiger partial charge in [0, 0.05) is 26.1 Å². The molecule has 0 bridgehead atoms. The monoisotopic (exact) mass is 328 g/mol. The van der Waals surface area contributed by atoms with Gasteiger partial charge in [-0.05, 0) is 49.9 Å². The highest BCUT2D eigenvalue weighted by Gasteiger charge is 2.44. The Bertz CT molecular complexity index is 580. The van der Waals surface area contributed by atoms with E-state index in [9.17, 15) is 4.79 Å². The van der Waals surface area contributed by atoms with Crippen LogP contribution in [-0.2, 0) is 11.3 Å². The Labute approximate surface area is 145 Å². The Morgan fingerprint density at radius 2 is 2.00 bits per heavy atom. The van der Waals surface area contributed by atoms with Gasteiger partial charge >= 0.3 is 0 Å². The van der Waals surface area contributed by atoms with E-state index in [1.165, 1.54) is 5.56 Å². The Morgan fingerprint density at radius 1 is 1.25 bits per heavy atom. The third kappa shape index (κ3) is 3.48. The van der Waals surface area contributed by atoms with Crippen molar-refractivity contribution in [2.24, 2.45) is 0 Å². The van der Waals surface area contributed by atoms with Gasteiger partial charge in [0.1, 0.15) is 5.75 Å². The highest BCUT2D eigenvalue weighted by atomic mass is 16.5. The molecule has 2 fully saturated rings. The number of likely N-dealkylation sites (tertiary alicyclic amines) is 2. The van der Waals surface area contributed by atoms with Crippen molar-refractivity contribution in [3.8, 4) is 5.75 Å². The second kappa shape index (κ2) is 7.39. The summed E-state index contributed by atoms with van der Waals surface area (Å²) in [5.74, 6) is 1.19. The molecule has 0 aromatic heterocycles. The van der Waals surface area contributed by atoms with Crippen LogP contribution in [0, 0.1) is 0 Å². The largest absolute Gasteiger partial charge is 0.497 e. The number of rotatable bonds is 5. The second-order valence-corrected chi connectivity index (χ2v) is 7.03. The maximum Gasteiger partial charge on any atom is 0.223 e. The lowest BCUT2D eigenvalue weighted by molar-refractivity contribution is -0.144. The first kappa shape index (κ1) is 17.0. The van der Waals surface area contributed by atoms with Crippen molar-refractivity contribution in [2.75, 3.05) is 26.7 Å². The van der Waals surface area contributed by atoms with E-state index in [2.05, 4.69) is 28.5 Å². The highest BCUT2D eigenvalue weighted by molar-refractivity contribution is 5.78. The van der Waals surface area contributed by atoms with Crippen molar-refractivity contribution in [3.05, 3.63) is 42.5 Å². The molecule has 4 heteroatoms. The van der Waals surface area contributed by atoms with Crippen LogP contribution in [0.25, 0.3) is 0 Å². The Hall–Kier alpha value is -1.81. The lowest BCUT2D eigenvalue weighted by atomic mass is 9.79. The molecular weight excluding hydrogens is 300 g/mol. The van der Waals surface area contributed by atoms with Gasteiger partial charge < -0.3 is 9.64 Å². The third-order valence-corrected chi connectivity index (χ3v) is 5.42. The van der Waals surface area contributed by atoms with Gasteiger partial charge in [-0.3, -0.25) is 9.69 Å². The number of piperidine rings is 2. The molecule has 130 valence electrons. The van der Waals surface area contributed by atoms with Crippen molar-refractivity contribution in [3.63, 3.8) is 0 Å². The van der Waals surface area contributed by atoms with Crippen LogP contribution in [0.15, 0.2) is 36.9 Å². The van der Waals surface area contributed by atoms with Gasteiger partial charge in [-0.2, -0.15) is 0 Å². The molecule has 0 aliphatic carbocycles. The summed E-state index contributed by atoms with van der Waals surface area (Å²) >= 11 is 0. The van der Waals surface area contributed by atoms with Gasteiger partial charge in [-0.15, -0.1) is 6.58 Å². The van der Waals surface area contributed by atoms with E-state index in [0.717, 1.165) is 51.1 Å². The summed E-state index contributed by atoms with van der Waals surface area (Å²) in [6.45, 7) is 7.53. The lowest BCUT2D eigenvalue weighted by Crippen LogP contribution is -2.62. The Kier molecular flexibility index (Phi) is 5.24. The number of nitrogens with zero attached hydrogens (tertiary/aromatic N) is 2. The summed E-state index contributed by atoms with van der Waals surface area (Å²) in [4.78, 5) is 17.0. The predicted molar refractivity (Wildman–Crippen MR) is 96.0 cm³/mol. The predicted octanol–water partition coefficient (Wildman–Crippen LogP) is 3.23. The summed E-state index contributed by atoms with van der Waals surface area (Å²) in [6.07, 6.45) is 6.96. The molecule has 24 heavy (non-hydrogen) atoms. The lowest BCUT2D eigenvalue weighted by Gasteiger charge is -2.52. The quantitative estimate of drug-likeness (QED) is 0.778. The molecule has 0 N–H and O–H groups in total. The van der Waals surface area contributed by atoms with Crippen molar-refractivity contribution < 1.29 is 9.53 Å². The zero-order chi connectivity index (χ0) is 17.0. The Morgan fingerprint density at radius 3 is 2.71 bits per heavy atom. The van der Waals surface area contributed by atoms with Gasteiger partial charge in [0.2, 0.25) is 5.91 Å². The second-order valence-electron chi connectivity index (χ2n) is 7.03. The minimum atomic E-state index is 0.00818. The number of amides is 1. The average Bonchev–Trinajstić information content (AvgIpc) is 2.59. The molecule has 3 rings (SSSR count). The molecule has 1 aromatic rings. The Balaban J connectivity index is 1.72. The van der Waals surface area contributed by atoms with Gasteiger partial charge in [0.25, 0.3) is 0 Å². The summed E-state index contributed by atoms with van der Waals surface area (Å²) in [6, 6.07) is 8.30. The van der Waals surface area contributed by atoms with Crippen LogP contribution >= 0.6 is 0 Å². The van der Waals surface area contributed by atoms with E-state index in [4.69, 9.17) is 4.74 Å². The molecule has 1 amide bonds. The molecule has 0 saturated carbocycles. The molecule has 2 saturated heterocycles. The van der Waals surface area contributed by atoms with Crippen LogP contribution in [0.3, 0.4) is 0 Å². The van der Waals surface area contributed by atoms with Crippen LogP contribution in [-0.4, -0.2) is 48.0 Å². The van der Waals surface area contributed by atoms with Crippen LogP contribution in [0.1, 0.15) is 37.7 Å². The first-order chi connectivity index (χ1) is 11.7. The van der Waals surface area contributed by atoms with Crippen LogP contribution < -0.4 is 4.74 Å². The molecule has 1 atom stereocenters. The van der Waals surface area contributed by atoms with E-state index < -0.39 is 0 Å². The standard InChI is InChI=1S/C20H28N2O2/c1-3-13-22-19(23)6-4-11-20(22)12-5-14-21(16-20)15-17-7-9-18(24-2)10-8-17/h3,7-10H,1,4-6,11-16H2,2H3/t20-/m1/s1. The van der Waals surface area contributed by atoms with Crippen LogP contribution in [0.5, 0.6) is 5.75 Å². The van der Waals surface area contributed by atoms with Gasteiger partial charge in [-0.25, -0.2) is 0 Å². The first-order valence-electron chi connectivity index (χ1n) is 8.93.